The minimum atomic E-state index is -0.326. The van der Waals surface area contributed by atoms with Gasteiger partial charge in [-0.1, -0.05) is 0 Å². The molecule has 1 aromatic carbocycles. The van der Waals surface area contributed by atoms with E-state index in [-0.39, 0.29) is 36.6 Å². The van der Waals surface area contributed by atoms with Gasteiger partial charge < -0.3 is 25.4 Å². The van der Waals surface area contributed by atoms with E-state index in [9.17, 15) is 9.59 Å². The van der Waals surface area contributed by atoms with Gasteiger partial charge in [0.2, 0.25) is 11.8 Å². The highest BCUT2D eigenvalue weighted by atomic mass is 35.5. The second-order valence-corrected chi connectivity index (χ2v) is 5.38. The number of carbonyl (C=O) groups is 2. The molecule has 1 unspecified atom stereocenters. The number of nitrogens with two attached hydrogens (primary N) is 1. The van der Waals surface area contributed by atoms with E-state index >= 15 is 0 Å². The summed E-state index contributed by atoms with van der Waals surface area (Å²) in [5.41, 5.74) is 6.05. The number of amides is 2. The fraction of sp³-hybridized carbons (Fsp3) is 0.500. The first-order valence-corrected chi connectivity index (χ1v) is 7.64. The minimum Gasteiger partial charge on any atom is -0.492 e. The number of ether oxygens (including phenoxy) is 2. The number of rotatable bonds is 8. The standard InChI is InChI=1S/C16H23N3O4.ClH/c1-22-9-7-19-11-12(10-15(19)20)16(21)18-13-2-4-14(5-3-13)23-8-6-17;/h2-5,12H,6-11,17H2,1H3,(H,18,21);1H. The molecule has 1 atom stereocenters. The van der Waals surface area contributed by atoms with Crippen LogP contribution < -0.4 is 15.8 Å². The monoisotopic (exact) mass is 357 g/mol. The van der Waals surface area contributed by atoms with Crippen molar-refractivity contribution >= 4 is 29.9 Å². The Morgan fingerprint density at radius 1 is 1.33 bits per heavy atom. The number of nitrogens with one attached hydrogen (secondary N) is 1. The second kappa shape index (κ2) is 10.1. The number of anilines is 1. The highest BCUT2D eigenvalue weighted by Crippen LogP contribution is 2.21. The third kappa shape index (κ3) is 5.67. The number of benzene rings is 1. The van der Waals surface area contributed by atoms with Gasteiger partial charge in [0, 0.05) is 38.9 Å². The lowest BCUT2D eigenvalue weighted by Crippen LogP contribution is -2.30. The van der Waals surface area contributed by atoms with Gasteiger partial charge in [0.05, 0.1) is 12.5 Å². The van der Waals surface area contributed by atoms with Gasteiger partial charge in [-0.05, 0) is 24.3 Å². The first-order chi connectivity index (χ1) is 11.1. The van der Waals surface area contributed by atoms with Crippen LogP contribution in [0.15, 0.2) is 24.3 Å². The molecule has 24 heavy (non-hydrogen) atoms. The molecule has 1 heterocycles. The van der Waals surface area contributed by atoms with Crippen molar-refractivity contribution < 1.29 is 19.1 Å². The third-order valence-corrected chi connectivity index (χ3v) is 3.66. The SMILES string of the molecule is COCCN1CC(C(=O)Nc2ccc(OCCN)cc2)CC1=O.Cl. The number of halogens is 1. The van der Waals surface area contributed by atoms with Crippen molar-refractivity contribution in [1.82, 2.24) is 4.90 Å². The molecule has 134 valence electrons. The van der Waals surface area contributed by atoms with E-state index in [2.05, 4.69) is 5.32 Å². The molecule has 0 radical (unpaired) electrons. The quantitative estimate of drug-likeness (QED) is 0.720. The summed E-state index contributed by atoms with van der Waals surface area (Å²) in [6.45, 7) is 2.34. The Kier molecular flexibility index (Phi) is 8.53. The first-order valence-electron chi connectivity index (χ1n) is 7.64. The van der Waals surface area contributed by atoms with E-state index in [1.165, 1.54) is 0 Å². The zero-order valence-electron chi connectivity index (χ0n) is 13.7. The van der Waals surface area contributed by atoms with Crippen LogP contribution in [0, 0.1) is 5.92 Å². The zero-order valence-corrected chi connectivity index (χ0v) is 14.5. The molecule has 0 spiro atoms. The molecule has 1 aliphatic rings. The Morgan fingerprint density at radius 3 is 2.67 bits per heavy atom. The minimum absolute atomic E-state index is 0. The van der Waals surface area contributed by atoms with Crippen LogP contribution in [0.25, 0.3) is 0 Å². The van der Waals surface area contributed by atoms with Gasteiger partial charge in [0.1, 0.15) is 12.4 Å². The van der Waals surface area contributed by atoms with Crippen molar-refractivity contribution in [2.24, 2.45) is 11.7 Å². The van der Waals surface area contributed by atoms with Gasteiger partial charge in [-0.2, -0.15) is 0 Å². The maximum Gasteiger partial charge on any atom is 0.229 e. The normalized spacial score (nSPS) is 16.7. The van der Waals surface area contributed by atoms with E-state index in [0.717, 1.165) is 0 Å². The largest absolute Gasteiger partial charge is 0.492 e. The highest BCUT2D eigenvalue weighted by molar-refractivity contribution is 5.97. The number of carbonyl (C=O) groups excluding carboxylic acids is 2. The molecule has 0 aromatic heterocycles. The second-order valence-electron chi connectivity index (χ2n) is 5.38. The fourth-order valence-electron chi connectivity index (χ4n) is 2.42. The van der Waals surface area contributed by atoms with Crippen LogP contribution in [0.3, 0.4) is 0 Å². The number of likely N-dealkylation sites (tertiary alicyclic amines) is 1. The molecule has 8 heteroatoms. The van der Waals surface area contributed by atoms with Crippen LogP contribution in [-0.4, -0.2) is 56.7 Å². The van der Waals surface area contributed by atoms with E-state index in [0.29, 0.717) is 44.3 Å². The van der Waals surface area contributed by atoms with Crippen LogP contribution in [-0.2, 0) is 14.3 Å². The molecule has 0 aliphatic carbocycles. The van der Waals surface area contributed by atoms with Crippen LogP contribution in [0.2, 0.25) is 0 Å². The third-order valence-electron chi connectivity index (χ3n) is 3.66. The Balaban J connectivity index is 0.00000288. The predicted molar refractivity (Wildman–Crippen MR) is 93.4 cm³/mol. The van der Waals surface area contributed by atoms with Crippen LogP contribution in [0.5, 0.6) is 5.75 Å². The van der Waals surface area contributed by atoms with Gasteiger partial charge in [-0.3, -0.25) is 9.59 Å². The van der Waals surface area contributed by atoms with Crippen molar-refractivity contribution in [2.75, 3.05) is 45.3 Å². The van der Waals surface area contributed by atoms with E-state index < -0.39 is 0 Å². The summed E-state index contributed by atoms with van der Waals surface area (Å²) in [5.74, 6) is 0.226. The number of hydrogen-bond acceptors (Lipinski definition) is 5. The van der Waals surface area contributed by atoms with Gasteiger partial charge in [-0.15, -0.1) is 12.4 Å². The average molecular weight is 358 g/mol. The Bertz CT molecular complexity index is 539. The van der Waals surface area contributed by atoms with E-state index in [1.54, 1.807) is 36.3 Å². The summed E-state index contributed by atoms with van der Waals surface area (Å²) in [6.07, 6.45) is 0.243. The van der Waals surface area contributed by atoms with Crippen molar-refractivity contribution in [3.05, 3.63) is 24.3 Å². The Morgan fingerprint density at radius 2 is 2.04 bits per heavy atom. The topological polar surface area (TPSA) is 93.9 Å². The highest BCUT2D eigenvalue weighted by Gasteiger charge is 2.33. The maximum absolute atomic E-state index is 12.3. The molecule has 2 rings (SSSR count). The average Bonchev–Trinajstić information content (AvgIpc) is 2.93. The Hall–Kier alpha value is -1.83. The zero-order chi connectivity index (χ0) is 16.7. The fourth-order valence-corrected chi connectivity index (χ4v) is 2.42. The van der Waals surface area contributed by atoms with Crippen LogP contribution in [0.4, 0.5) is 5.69 Å². The first kappa shape index (κ1) is 20.2. The molecule has 0 bridgehead atoms. The molecule has 1 aliphatic heterocycles. The molecule has 1 fully saturated rings. The van der Waals surface area contributed by atoms with Gasteiger partial charge in [-0.25, -0.2) is 0 Å². The van der Waals surface area contributed by atoms with E-state index in [4.69, 9.17) is 15.2 Å². The molecule has 0 saturated carbocycles. The summed E-state index contributed by atoms with van der Waals surface area (Å²) < 4.78 is 10.3. The lowest BCUT2D eigenvalue weighted by Gasteiger charge is -2.15. The molecule has 7 nitrogen and oxygen atoms in total. The van der Waals surface area contributed by atoms with Gasteiger partial charge in [0.25, 0.3) is 0 Å². The molecule has 2 amide bonds. The number of nitrogens with zero attached hydrogens (tertiary/aromatic N) is 1. The number of hydrogen-bond donors (Lipinski definition) is 2. The summed E-state index contributed by atoms with van der Waals surface area (Å²) in [7, 11) is 1.59. The summed E-state index contributed by atoms with van der Waals surface area (Å²) in [5, 5.41) is 2.84. The summed E-state index contributed by atoms with van der Waals surface area (Å²) in [6, 6.07) is 7.08. The Labute approximate surface area is 147 Å². The van der Waals surface area contributed by atoms with Crippen molar-refractivity contribution in [3.63, 3.8) is 0 Å². The molecule has 3 N–H and O–H groups in total. The molecule has 1 aromatic rings. The van der Waals surface area contributed by atoms with E-state index in [1.807, 2.05) is 0 Å². The number of methoxy groups -OCH3 is 1. The molecular formula is C16H24ClN3O4. The predicted octanol–water partition coefficient (Wildman–Crippen LogP) is 0.879. The van der Waals surface area contributed by atoms with Crippen molar-refractivity contribution in [1.29, 1.82) is 0 Å². The van der Waals surface area contributed by atoms with Gasteiger partial charge in [0.15, 0.2) is 0 Å². The summed E-state index contributed by atoms with van der Waals surface area (Å²) in [4.78, 5) is 25.8. The lowest BCUT2D eigenvalue weighted by molar-refractivity contribution is -0.128. The molecular weight excluding hydrogens is 334 g/mol. The maximum atomic E-state index is 12.3. The van der Waals surface area contributed by atoms with Crippen LogP contribution in [0.1, 0.15) is 6.42 Å². The van der Waals surface area contributed by atoms with Crippen LogP contribution >= 0.6 is 12.4 Å². The molecule has 1 saturated heterocycles. The van der Waals surface area contributed by atoms with Crippen molar-refractivity contribution in [2.45, 2.75) is 6.42 Å². The summed E-state index contributed by atoms with van der Waals surface area (Å²) >= 11 is 0. The lowest BCUT2D eigenvalue weighted by atomic mass is 10.1. The smallest absolute Gasteiger partial charge is 0.229 e. The van der Waals surface area contributed by atoms with Crippen molar-refractivity contribution in [3.8, 4) is 5.75 Å². The van der Waals surface area contributed by atoms with Gasteiger partial charge >= 0.3 is 0 Å².